The first kappa shape index (κ1) is 12.9. The summed E-state index contributed by atoms with van der Waals surface area (Å²) in [4.78, 5) is 10.7. The van der Waals surface area contributed by atoms with Gasteiger partial charge in [-0.05, 0) is 29.8 Å². The first-order chi connectivity index (χ1) is 9.15. The second kappa shape index (κ2) is 5.87. The molecule has 0 bridgehead atoms. The van der Waals surface area contributed by atoms with Crippen molar-refractivity contribution in [3.63, 3.8) is 0 Å². The lowest BCUT2D eigenvalue weighted by atomic mass is 10.1. The maximum Gasteiger partial charge on any atom is 0.331 e. The average molecular weight is 253 g/mol. The van der Waals surface area contributed by atoms with Crippen molar-refractivity contribution in [1.82, 2.24) is 0 Å². The van der Waals surface area contributed by atoms with Crippen molar-refractivity contribution in [2.45, 2.75) is 6.42 Å². The Morgan fingerprint density at radius 2 is 1.58 bits per heavy atom. The molecule has 0 saturated heterocycles. The van der Waals surface area contributed by atoms with Crippen LogP contribution in [0, 0.1) is 0 Å². The number of carboxylic acid groups (broad SMARTS) is 1. The molecule has 0 fully saturated rings. The summed E-state index contributed by atoms with van der Waals surface area (Å²) < 4.78 is 0. The van der Waals surface area contributed by atoms with Crippen LogP contribution in [0.15, 0.2) is 66.7 Å². The number of benzene rings is 2. The molecular formula is C16H15NO2. The van der Waals surface area contributed by atoms with Crippen LogP contribution in [0.5, 0.6) is 0 Å². The second-order valence-corrected chi connectivity index (χ2v) is 4.27. The highest BCUT2D eigenvalue weighted by Crippen LogP contribution is 2.17. The molecule has 0 saturated carbocycles. The molecule has 3 nitrogen and oxygen atoms in total. The Balaban J connectivity index is 2.03. The summed E-state index contributed by atoms with van der Waals surface area (Å²) in [5.74, 6) is -0.952. The highest BCUT2D eigenvalue weighted by Gasteiger charge is 2.04. The maximum absolute atomic E-state index is 10.7. The molecule has 2 rings (SSSR count). The van der Waals surface area contributed by atoms with E-state index in [1.54, 1.807) is 0 Å². The van der Waals surface area contributed by atoms with Crippen LogP contribution in [0.3, 0.4) is 0 Å². The van der Waals surface area contributed by atoms with E-state index >= 15 is 0 Å². The summed E-state index contributed by atoms with van der Waals surface area (Å²) in [5.41, 5.74) is 3.12. The molecule has 0 atom stereocenters. The fraction of sp³-hybridized carbons (Fsp3) is 0.0625. The standard InChI is InChI=1S/C16H15NO2/c1-12(16(18)19)11-13-7-9-15(10-8-13)17-14-5-3-2-4-6-14/h2-10,17H,1,11H2,(H,18,19). The lowest BCUT2D eigenvalue weighted by Crippen LogP contribution is -2.02. The van der Waals surface area contributed by atoms with Gasteiger partial charge in [0.15, 0.2) is 0 Å². The largest absolute Gasteiger partial charge is 0.478 e. The summed E-state index contributed by atoms with van der Waals surface area (Å²) in [6.45, 7) is 3.52. The van der Waals surface area contributed by atoms with Crippen LogP contribution < -0.4 is 5.32 Å². The Morgan fingerprint density at radius 3 is 2.16 bits per heavy atom. The van der Waals surface area contributed by atoms with E-state index in [0.717, 1.165) is 16.9 Å². The highest BCUT2D eigenvalue weighted by molar-refractivity contribution is 5.86. The minimum atomic E-state index is -0.952. The quantitative estimate of drug-likeness (QED) is 0.800. The molecule has 0 aromatic heterocycles. The van der Waals surface area contributed by atoms with E-state index in [9.17, 15) is 4.79 Å². The molecule has 2 N–H and O–H groups in total. The van der Waals surface area contributed by atoms with Gasteiger partial charge in [0, 0.05) is 23.4 Å². The zero-order valence-electron chi connectivity index (χ0n) is 10.5. The lowest BCUT2D eigenvalue weighted by Gasteiger charge is -2.07. The van der Waals surface area contributed by atoms with Crippen LogP contribution in [0.1, 0.15) is 5.56 Å². The zero-order chi connectivity index (χ0) is 13.7. The van der Waals surface area contributed by atoms with Crippen LogP contribution in [0.4, 0.5) is 11.4 Å². The summed E-state index contributed by atoms with van der Waals surface area (Å²) in [6, 6.07) is 17.5. The molecule has 2 aromatic rings. The van der Waals surface area contributed by atoms with E-state index in [4.69, 9.17) is 5.11 Å². The zero-order valence-corrected chi connectivity index (χ0v) is 10.5. The van der Waals surface area contributed by atoms with Crippen molar-refractivity contribution in [3.8, 4) is 0 Å². The van der Waals surface area contributed by atoms with Gasteiger partial charge in [0.1, 0.15) is 0 Å². The molecule has 3 heteroatoms. The first-order valence-electron chi connectivity index (χ1n) is 5.97. The predicted molar refractivity (Wildman–Crippen MR) is 76.6 cm³/mol. The number of para-hydroxylation sites is 1. The van der Waals surface area contributed by atoms with Gasteiger partial charge < -0.3 is 10.4 Å². The number of hydrogen-bond donors (Lipinski definition) is 2. The number of hydrogen-bond acceptors (Lipinski definition) is 2. The topological polar surface area (TPSA) is 49.3 Å². The fourth-order valence-corrected chi connectivity index (χ4v) is 1.72. The molecule has 0 aliphatic heterocycles. The van der Waals surface area contributed by atoms with Crippen molar-refractivity contribution >= 4 is 17.3 Å². The minimum absolute atomic E-state index is 0.198. The van der Waals surface area contributed by atoms with Gasteiger partial charge in [-0.3, -0.25) is 0 Å². The number of rotatable bonds is 5. The summed E-state index contributed by atoms with van der Waals surface area (Å²) in [5, 5.41) is 12.0. The number of anilines is 2. The molecule has 19 heavy (non-hydrogen) atoms. The van der Waals surface area contributed by atoms with Gasteiger partial charge in [0.05, 0.1) is 0 Å². The van der Waals surface area contributed by atoms with Gasteiger partial charge in [-0.15, -0.1) is 0 Å². The molecule has 0 aliphatic rings. The molecule has 0 radical (unpaired) electrons. The number of nitrogens with one attached hydrogen (secondary N) is 1. The van der Waals surface area contributed by atoms with E-state index < -0.39 is 5.97 Å². The first-order valence-corrected chi connectivity index (χ1v) is 5.97. The fourth-order valence-electron chi connectivity index (χ4n) is 1.72. The second-order valence-electron chi connectivity index (χ2n) is 4.27. The molecule has 0 heterocycles. The molecule has 0 amide bonds. The van der Waals surface area contributed by atoms with E-state index in [1.165, 1.54) is 0 Å². The molecule has 96 valence electrons. The Kier molecular flexibility index (Phi) is 3.98. The predicted octanol–water partition coefficient (Wildman–Crippen LogP) is 3.61. The monoisotopic (exact) mass is 253 g/mol. The van der Waals surface area contributed by atoms with Gasteiger partial charge in [-0.1, -0.05) is 36.9 Å². The van der Waals surface area contributed by atoms with Crippen LogP contribution in [0.25, 0.3) is 0 Å². The molecular weight excluding hydrogens is 238 g/mol. The third-order valence-corrected chi connectivity index (χ3v) is 2.74. The summed E-state index contributed by atoms with van der Waals surface area (Å²) in [7, 11) is 0. The van der Waals surface area contributed by atoms with Crippen molar-refractivity contribution in [2.24, 2.45) is 0 Å². The van der Waals surface area contributed by atoms with Crippen molar-refractivity contribution in [3.05, 3.63) is 72.3 Å². The van der Waals surface area contributed by atoms with Crippen LogP contribution >= 0.6 is 0 Å². The Hall–Kier alpha value is -2.55. The summed E-state index contributed by atoms with van der Waals surface area (Å²) in [6.07, 6.45) is 0.362. The average Bonchev–Trinajstić information content (AvgIpc) is 2.42. The number of aliphatic carboxylic acids is 1. The van der Waals surface area contributed by atoms with Gasteiger partial charge in [-0.25, -0.2) is 4.79 Å². The maximum atomic E-state index is 10.7. The van der Waals surface area contributed by atoms with E-state index in [1.807, 2.05) is 54.6 Å². The SMILES string of the molecule is C=C(Cc1ccc(Nc2ccccc2)cc1)C(=O)O. The third kappa shape index (κ3) is 3.71. The van der Waals surface area contributed by atoms with Crippen LogP contribution in [-0.4, -0.2) is 11.1 Å². The van der Waals surface area contributed by atoms with Crippen molar-refractivity contribution in [1.29, 1.82) is 0 Å². The molecule has 0 unspecified atom stereocenters. The lowest BCUT2D eigenvalue weighted by molar-refractivity contribution is -0.132. The molecule has 0 aliphatic carbocycles. The third-order valence-electron chi connectivity index (χ3n) is 2.74. The van der Waals surface area contributed by atoms with Gasteiger partial charge in [-0.2, -0.15) is 0 Å². The Bertz CT molecular complexity index is 573. The molecule has 2 aromatic carbocycles. The van der Waals surface area contributed by atoms with E-state index in [0.29, 0.717) is 6.42 Å². The minimum Gasteiger partial charge on any atom is -0.478 e. The van der Waals surface area contributed by atoms with Crippen LogP contribution in [-0.2, 0) is 11.2 Å². The van der Waals surface area contributed by atoms with E-state index in [2.05, 4.69) is 11.9 Å². The van der Waals surface area contributed by atoms with Gasteiger partial charge >= 0.3 is 5.97 Å². The number of carboxylic acids is 1. The highest BCUT2D eigenvalue weighted by atomic mass is 16.4. The smallest absolute Gasteiger partial charge is 0.331 e. The van der Waals surface area contributed by atoms with Crippen LogP contribution in [0.2, 0.25) is 0 Å². The summed E-state index contributed by atoms with van der Waals surface area (Å²) >= 11 is 0. The van der Waals surface area contributed by atoms with Gasteiger partial charge in [0.25, 0.3) is 0 Å². The van der Waals surface area contributed by atoms with Gasteiger partial charge in [0.2, 0.25) is 0 Å². The van der Waals surface area contributed by atoms with Crippen molar-refractivity contribution in [2.75, 3.05) is 5.32 Å². The Morgan fingerprint density at radius 1 is 1.00 bits per heavy atom. The van der Waals surface area contributed by atoms with E-state index in [-0.39, 0.29) is 5.57 Å². The normalized spacial score (nSPS) is 9.89. The Labute approximate surface area is 112 Å². The number of carbonyl (C=O) groups is 1. The van der Waals surface area contributed by atoms with Crippen molar-refractivity contribution < 1.29 is 9.90 Å². The molecule has 0 spiro atoms.